The van der Waals surface area contributed by atoms with Gasteiger partial charge in [0.25, 0.3) is 0 Å². The van der Waals surface area contributed by atoms with Gasteiger partial charge in [0, 0.05) is 17.6 Å². The number of rotatable bonds is 4. The van der Waals surface area contributed by atoms with Crippen molar-refractivity contribution in [3.05, 3.63) is 28.8 Å². The fourth-order valence-electron chi connectivity index (χ4n) is 2.85. The molecular formula is C15H19ClN2O. The Morgan fingerprint density at radius 3 is 2.68 bits per heavy atom. The van der Waals surface area contributed by atoms with E-state index in [1.54, 1.807) is 6.07 Å². The van der Waals surface area contributed by atoms with Crippen molar-refractivity contribution in [3.8, 4) is 6.07 Å². The summed E-state index contributed by atoms with van der Waals surface area (Å²) in [6, 6.07) is 8.03. The molecule has 1 aliphatic carbocycles. The van der Waals surface area contributed by atoms with Gasteiger partial charge in [-0.15, -0.1) is 0 Å². The second-order valence-electron chi connectivity index (χ2n) is 4.98. The van der Waals surface area contributed by atoms with Crippen LogP contribution >= 0.6 is 11.6 Å². The summed E-state index contributed by atoms with van der Waals surface area (Å²) in [5.41, 5.74) is 1.49. The molecule has 0 atom stereocenters. The number of hydrogen-bond donors (Lipinski definition) is 1. The number of benzene rings is 1. The molecule has 2 rings (SSSR count). The molecule has 0 aliphatic heterocycles. The summed E-state index contributed by atoms with van der Waals surface area (Å²) >= 11 is 5.94. The van der Waals surface area contributed by atoms with E-state index >= 15 is 0 Å². The summed E-state index contributed by atoms with van der Waals surface area (Å²) in [5.74, 6) is 0. The molecule has 102 valence electrons. The van der Waals surface area contributed by atoms with E-state index in [9.17, 15) is 10.4 Å². The summed E-state index contributed by atoms with van der Waals surface area (Å²) in [4.78, 5) is 2.17. The van der Waals surface area contributed by atoms with Gasteiger partial charge in [-0.2, -0.15) is 5.26 Å². The van der Waals surface area contributed by atoms with Crippen LogP contribution in [0.1, 0.15) is 37.7 Å². The molecule has 1 fully saturated rings. The van der Waals surface area contributed by atoms with E-state index in [4.69, 9.17) is 11.6 Å². The standard InChI is InChI=1S/C15H19ClN2O/c16-13-6-7-15(12(10-13)11-17)18(8-9-19)14-4-2-1-3-5-14/h6-7,10,14,19H,1-5,8-9H2. The summed E-state index contributed by atoms with van der Waals surface area (Å²) in [6.07, 6.45) is 6.00. The van der Waals surface area contributed by atoms with Crippen molar-refractivity contribution in [1.29, 1.82) is 5.26 Å². The van der Waals surface area contributed by atoms with Crippen LogP contribution in [0.15, 0.2) is 18.2 Å². The maximum atomic E-state index is 9.30. The van der Waals surface area contributed by atoms with Crippen LogP contribution in [0.2, 0.25) is 5.02 Å². The molecule has 0 aromatic heterocycles. The highest BCUT2D eigenvalue weighted by Gasteiger charge is 2.23. The number of nitriles is 1. The van der Waals surface area contributed by atoms with E-state index < -0.39 is 0 Å². The Morgan fingerprint density at radius 2 is 2.05 bits per heavy atom. The van der Waals surface area contributed by atoms with Crippen LogP contribution in [0.5, 0.6) is 0 Å². The van der Waals surface area contributed by atoms with Crippen LogP contribution < -0.4 is 4.90 Å². The van der Waals surface area contributed by atoms with Crippen LogP contribution in [-0.2, 0) is 0 Å². The Kier molecular flexibility index (Phi) is 5.07. The number of aliphatic hydroxyl groups excluding tert-OH is 1. The topological polar surface area (TPSA) is 47.3 Å². The van der Waals surface area contributed by atoms with Crippen molar-refractivity contribution in [2.45, 2.75) is 38.1 Å². The minimum Gasteiger partial charge on any atom is -0.395 e. The van der Waals surface area contributed by atoms with Gasteiger partial charge in [0.1, 0.15) is 6.07 Å². The molecule has 0 saturated heterocycles. The molecule has 0 heterocycles. The highest BCUT2D eigenvalue weighted by molar-refractivity contribution is 6.30. The van der Waals surface area contributed by atoms with Crippen molar-refractivity contribution in [1.82, 2.24) is 0 Å². The zero-order chi connectivity index (χ0) is 13.7. The van der Waals surface area contributed by atoms with Crippen molar-refractivity contribution in [3.63, 3.8) is 0 Å². The summed E-state index contributed by atoms with van der Waals surface area (Å²) in [6.45, 7) is 0.672. The van der Waals surface area contributed by atoms with Gasteiger partial charge < -0.3 is 10.0 Å². The van der Waals surface area contributed by atoms with Crippen LogP contribution in [0.25, 0.3) is 0 Å². The third-order valence-corrected chi connectivity index (χ3v) is 3.98. The van der Waals surface area contributed by atoms with Gasteiger partial charge in [-0.1, -0.05) is 30.9 Å². The molecule has 1 saturated carbocycles. The van der Waals surface area contributed by atoms with E-state index in [1.807, 2.05) is 12.1 Å². The third kappa shape index (κ3) is 3.40. The van der Waals surface area contributed by atoms with Crippen LogP contribution in [0.3, 0.4) is 0 Å². The van der Waals surface area contributed by atoms with Gasteiger partial charge >= 0.3 is 0 Å². The molecule has 3 nitrogen and oxygen atoms in total. The fraction of sp³-hybridized carbons (Fsp3) is 0.533. The molecule has 1 N–H and O–H groups in total. The molecule has 4 heteroatoms. The maximum absolute atomic E-state index is 9.30. The highest BCUT2D eigenvalue weighted by Crippen LogP contribution is 2.30. The summed E-state index contributed by atoms with van der Waals surface area (Å²) in [7, 11) is 0. The number of hydrogen-bond acceptors (Lipinski definition) is 3. The van der Waals surface area contributed by atoms with Crippen molar-refractivity contribution in [2.24, 2.45) is 0 Å². The number of anilines is 1. The monoisotopic (exact) mass is 278 g/mol. The normalized spacial score (nSPS) is 16.1. The minimum atomic E-state index is 0.101. The van der Waals surface area contributed by atoms with Crippen LogP contribution in [0.4, 0.5) is 5.69 Å². The molecule has 0 amide bonds. The van der Waals surface area contributed by atoms with E-state index in [0.29, 0.717) is 23.2 Å². The van der Waals surface area contributed by atoms with E-state index in [0.717, 1.165) is 18.5 Å². The first-order chi connectivity index (χ1) is 9.26. The van der Waals surface area contributed by atoms with E-state index in [-0.39, 0.29) is 6.61 Å². The van der Waals surface area contributed by atoms with E-state index in [2.05, 4.69) is 11.0 Å². The molecule has 19 heavy (non-hydrogen) atoms. The Balaban J connectivity index is 2.30. The molecule has 0 spiro atoms. The predicted molar refractivity (Wildman–Crippen MR) is 77.5 cm³/mol. The molecular weight excluding hydrogens is 260 g/mol. The summed E-state index contributed by atoms with van der Waals surface area (Å²) < 4.78 is 0. The molecule has 1 aromatic rings. The zero-order valence-electron chi connectivity index (χ0n) is 11.0. The Morgan fingerprint density at radius 1 is 1.32 bits per heavy atom. The number of nitrogens with zero attached hydrogens (tertiary/aromatic N) is 2. The quantitative estimate of drug-likeness (QED) is 0.919. The lowest BCUT2D eigenvalue weighted by atomic mass is 9.93. The fourth-order valence-corrected chi connectivity index (χ4v) is 3.02. The largest absolute Gasteiger partial charge is 0.395 e. The highest BCUT2D eigenvalue weighted by atomic mass is 35.5. The third-order valence-electron chi connectivity index (χ3n) is 3.74. The second-order valence-corrected chi connectivity index (χ2v) is 5.42. The summed E-state index contributed by atoms with van der Waals surface area (Å²) in [5, 5.41) is 19.1. The molecule has 0 unspecified atom stereocenters. The van der Waals surface area contributed by atoms with Crippen molar-refractivity contribution in [2.75, 3.05) is 18.1 Å². The maximum Gasteiger partial charge on any atom is 0.101 e. The van der Waals surface area contributed by atoms with Gasteiger partial charge in [0.2, 0.25) is 0 Å². The first kappa shape index (κ1) is 14.2. The minimum absolute atomic E-state index is 0.101. The average molecular weight is 279 g/mol. The van der Waals surface area contributed by atoms with E-state index in [1.165, 1.54) is 19.3 Å². The van der Waals surface area contributed by atoms with Crippen molar-refractivity contribution < 1.29 is 5.11 Å². The van der Waals surface area contributed by atoms with Crippen LogP contribution in [-0.4, -0.2) is 24.3 Å². The van der Waals surface area contributed by atoms with Crippen molar-refractivity contribution >= 4 is 17.3 Å². The Bertz CT molecular complexity index is 464. The molecule has 1 aromatic carbocycles. The lowest BCUT2D eigenvalue weighted by Crippen LogP contribution is -2.39. The lowest BCUT2D eigenvalue weighted by Gasteiger charge is -2.36. The van der Waals surface area contributed by atoms with Gasteiger partial charge in [-0.05, 0) is 31.0 Å². The second kappa shape index (κ2) is 6.79. The lowest BCUT2D eigenvalue weighted by molar-refractivity contribution is 0.290. The first-order valence-corrected chi connectivity index (χ1v) is 7.21. The first-order valence-electron chi connectivity index (χ1n) is 6.83. The molecule has 0 bridgehead atoms. The van der Waals surface area contributed by atoms with Gasteiger partial charge in [-0.3, -0.25) is 0 Å². The Labute approximate surface area is 119 Å². The molecule has 1 aliphatic rings. The Hall–Kier alpha value is -1.24. The average Bonchev–Trinajstić information content (AvgIpc) is 2.46. The zero-order valence-corrected chi connectivity index (χ0v) is 11.7. The smallest absolute Gasteiger partial charge is 0.101 e. The molecule has 0 radical (unpaired) electrons. The predicted octanol–water partition coefficient (Wildman–Crippen LogP) is 3.34. The number of aliphatic hydroxyl groups is 1. The number of halogens is 1. The van der Waals surface area contributed by atoms with Gasteiger partial charge in [0.05, 0.1) is 17.9 Å². The van der Waals surface area contributed by atoms with Gasteiger partial charge in [-0.25, -0.2) is 0 Å². The van der Waals surface area contributed by atoms with Crippen LogP contribution in [0, 0.1) is 11.3 Å². The SMILES string of the molecule is N#Cc1cc(Cl)ccc1N(CCO)C1CCCCC1. The van der Waals surface area contributed by atoms with Gasteiger partial charge in [0.15, 0.2) is 0 Å².